The highest BCUT2D eigenvalue weighted by molar-refractivity contribution is 7.13. The molecule has 1 aliphatic heterocycles. The van der Waals surface area contributed by atoms with E-state index in [4.69, 9.17) is 0 Å². The van der Waals surface area contributed by atoms with Crippen LogP contribution >= 0.6 is 11.3 Å². The fourth-order valence-corrected chi connectivity index (χ4v) is 2.43. The SMILES string of the molecule is CC(C)N1C[C@@H](C(=O)Nc2nccs2)CC1=O. The second kappa shape index (κ2) is 4.83. The molecule has 0 saturated carbocycles. The summed E-state index contributed by atoms with van der Waals surface area (Å²) >= 11 is 1.38. The van der Waals surface area contributed by atoms with Crippen LogP contribution in [-0.4, -0.2) is 34.3 Å². The molecule has 2 heterocycles. The topological polar surface area (TPSA) is 62.3 Å². The second-order valence-corrected chi connectivity index (χ2v) is 5.26. The maximum Gasteiger partial charge on any atom is 0.231 e. The molecule has 0 radical (unpaired) electrons. The lowest BCUT2D eigenvalue weighted by Gasteiger charge is -2.20. The molecule has 0 aromatic carbocycles. The number of likely N-dealkylation sites (tertiary alicyclic amines) is 1. The molecule has 5 nitrogen and oxygen atoms in total. The number of carbonyl (C=O) groups excluding carboxylic acids is 2. The van der Waals surface area contributed by atoms with Gasteiger partial charge < -0.3 is 10.2 Å². The molecule has 1 fully saturated rings. The van der Waals surface area contributed by atoms with Gasteiger partial charge in [-0.25, -0.2) is 4.98 Å². The van der Waals surface area contributed by atoms with Crippen LogP contribution in [0.3, 0.4) is 0 Å². The first-order chi connectivity index (χ1) is 8.08. The minimum absolute atomic E-state index is 0.0549. The summed E-state index contributed by atoms with van der Waals surface area (Å²) in [7, 11) is 0. The van der Waals surface area contributed by atoms with Crippen LogP contribution in [0, 0.1) is 5.92 Å². The third-order valence-corrected chi connectivity index (χ3v) is 3.50. The molecule has 17 heavy (non-hydrogen) atoms. The first-order valence-corrected chi connectivity index (χ1v) is 6.45. The van der Waals surface area contributed by atoms with E-state index in [1.54, 1.807) is 16.5 Å². The van der Waals surface area contributed by atoms with Gasteiger partial charge in [-0.3, -0.25) is 9.59 Å². The van der Waals surface area contributed by atoms with E-state index in [-0.39, 0.29) is 23.8 Å². The Morgan fingerprint density at radius 2 is 2.41 bits per heavy atom. The van der Waals surface area contributed by atoms with Crippen LogP contribution in [0.1, 0.15) is 20.3 Å². The van der Waals surface area contributed by atoms with Gasteiger partial charge in [-0.05, 0) is 13.8 Å². The van der Waals surface area contributed by atoms with Gasteiger partial charge in [0, 0.05) is 30.6 Å². The van der Waals surface area contributed by atoms with Crippen LogP contribution in [0.5, 0.6) is 0 Å². The van der Waals surface area contributed by atoms with Gasteiger partial charge in [0.1, 0.15) is 0 Å². The Bertz CT molecular complexity index is 416. The highest BCUT2D eigenvalue weighted by Crippen LogP contribution is 2.22. The molecule has 1 saturated heterocycles. The van der Waals surface area contributed by atoms with Gasteiger partial charge in [0.15, 0.2) is 5.13 Å². The van der Waals surface area contributed by atoms with Crippen LogP contribution in [-0.2, 0) is 9.59 Å². The summed E-state index contributed by atoms with van der Waals surface area (Å²) in [6, 6.07) is 0.153. The largest absolute Gasteiger partial charge is 0.339 e. The zero-order chi connectivity index (χ0) is 12.4. The Morgan fingerprint density at radius 1 is 1.65 bits per heavy atom. The lowest BCUT2D eigenvalue weighted by Crippen LogP contribution is -2.33. The van der Waals surface area contributed by atoms with Gasteiger partial charge in [-0.15, -0.1) is 11.3 Å². The molecule has 1 atom stereocenters. The molecular formula is C11H15N3O2S. The summed E-state index contributed by atoms with van der Waals surface area (Å²) < 4.78 is 0. The summed E-state index contributed by atoms with van der Waals surface area (Å²) in [6.45, 7) is 4.42. The van der Waals surface area contributed by atoms with E-state index >= 15 is 0 Å². The number of aromatic nitrogens is 1. The molecule has 1 aromatic heterocycles. The number of amides is 2. The van der Waals surface area contributed by atoms with Crippen molar-refractivity contribution in [3.05, 3.63) is 11.6 Å². The summed E-state index contributed by atoms with van der Waals surface area (Å²) in [5, 5.41) is 5.12. The van der Waals surface area contributed by atoms with Crippen molar-refractivity contribution in [2.45, 2.75) is 26.3 Å². The molecule has 1 aliphatic rings. The monoisotopic (exact) mass is 253 g/mol. The van der Waals surface area contributed by atoms with Crippen LogP contribution in [0.4, 0.5) is 5.13 Å². The van der Waals surface area contributed by atoms with E-state index in [1.807, 2.05) is 13.8 Å². The first kappa shape index (κ1) is 12.0. The lowest BCUT2D eigenvalue weighted by atomic mass is 10.1. The fourth-order valence-electron chi connectivity index (χ4n) is 1.90. The number of nitrogens with zero attached hydrogens (tertiary/aromatic N) is 2. The van der Waals surface area contributed by atoms with Crippen molar-refractivity contribution >= 4 is 28.3 Å². The van der Waals surface area contributed by atoms with Gasteiger partial charge in [-0.1, -0.05) is 0 Å². The van der Waals surface area contributed by atoms with Crippen LogP contribution in [0.15, 0.2) is 11.6 Å². The maximum atomic E-state index is 11.9. The maximum absolute atomic E-state index is 11.9. The normalized spacial score (nSPS) is 20.1. The van der Waals surface area contributed by atoms with Gasteiger partial charge in [0.25, 0.3) is 0 Å². The number of rotatable bonds is 3. The van der Waals surface area contributed by atoms with E-state index in [0.717, 1.165) is 0 Å². The molecule has 1 N–H and O–H groups in total. The lowest BCUT2D eigenvalue weighted by molar-refractivity contribution is -0.129. The standard InChI is InChI=1S/C11H15N3O2S/c1-7(2)14-6-8(5-9(14)15)10(16)13-11-12-3-4-17-11/h3-4,7-8H,5-6H2,1-2H3,(H,12,13,16)/t8-/m0/s1. The molecule has 2 rings (SSSR count). The smallest absolute Gasteiger partial charge is 0.231 e. The van der Waals surface area contributed by atoms with Crippen LogP contribution in [0.25, 0.3) is 0 Å². The number of nitrogens with one attached hydrogen (secondary N) is 1. The Hall–Kier alpha value is -1.43. The molecule has 0 unspecified atom stereocenters. The molecule has 0 aliphatic carbocycles. The Morgan fingerprint density at radius 3 is 2.94 bits per heavy atom. The van der Waals surface area contributed by atoms with Crippen LogP contribution in [0.2, 0.25) is 0 Å². The third kappa shape index (κ3) is 2.63. The van der Waals surface area contributed by atoms with Crippen molar-refractivity contribution in [1.82, 2.24) is 9.88 Å². The van der Waals surface area contributed by atoms with E-state index in [9.17, 15) is 9.59 Å². The molecule has 2 amide bonds. The number of hydrogen-bond acceptors (Lipinski definition) is 4. The van der Waals surface area contributed by atoms with E-state index in [1.165, 1.54) is 11.3 Å². The third-order valence-electron chi connectivity index (χ3n) is 2.82. The van der Waals surface area contributed by atoms with Crippen molar-refractivity contribution in [2.24, 2.45) is 5.92 Å². The number of anilines is 1. The number of carbonyl (C=O) groups is 2. The van der Waals surface area contributed by atoms with Gasteiger partial charge in [0.2, 0.25) is 11.8 Å². The second-order valence-electron chi connectivity index (χ2n) is 4.37. The number of thiazole rings is 1. The van der Waals surface area contributed by atoms with E-state index < -0.39 is 0 Å². The van der Waals surface area contributed by atoms with Crippen molar-refractivity contribution in [3.8, 4) is 0 Å². The summed E-state index contributed by atoms with van der Waals surface area (Å²) in [5.74, 6) is -0.315. The van der Waals surface area contributed by atoms with E-state index in [2.05, 4.69) is 10.3 Å². The Balaban J connectivity index is 1.96. The van der Waals surface area contributed by atoms with Crippen molar-refractivity contribution < 1.29 is 9.59 Å². The molecule has 1 aromatic rings. The summed E-state index contributed by atoms with van der Waals surface area (Å²) in [5.41, 5.74) is 0. The minimum atomic E-state index is -0.256. The molecule has 0 bridgehead atoms. The average Bonchev–Trinajstić information content (AvgIpc) is 2.86. The molecule has 6 heteroatoms. The number of hydrogen-bond donors (Lipinski definition) is 1. The van der Waals surface area contributed by atoms with Crippen LogP contribution < -0.4 is 5.32 Å². The summed E-state index contributed by atoms with van der Waals surface area (Å²) in [6.07, 6.45) is 1.94. The molecular weight excluding hydrogens is 238 g/mol. The van der Waals surface area contributed by atoms with Crippen molar-refractivity contribution in [1.29, 1.82) is 0 Å². The highest BCUT2D eigenvalue weighted by atomic mass is 32.1. The van der Waals surface area contributed by atoms with Crippen molar-refractivity contribution in [2.75, 3.05) is 11.9 Å². The predicted molar refractivity (Wildman–Crippen MR) is 65.7 cm³/mol. The minimum Gasteiger partial charge on any atom is -0.339 e. The molecule has 92 valence electrons. The Labute approximate surface area is 104 Å². The molecule has 0 spiro atoms. The van der Waals surface area contributed by atoms with Crippen molar-refractivity contribution in [3.63, 3.8) is 0 Å². The Kier molecular flexibility index (Phi) is 3.42. The zero-order valence-electron chi connectivity index (χ0n) is 9.84. The average molecular weight is 253 g/mol. The quantitative estimate of drug-likeness (QED) is 0.884. The summed E-state index contributed by atoms with van der Waals surface area (Å²) in [4.78, 5) is 29.3. The highest BCUT2D eigenvalue weighted by Gasteiger charge is 2.35. The first-order valence-electron chi connectivity index (χ1n) is 5.57. The zero-order valence-corrected chi connectivity index (χ0v) is 10.7. The van der Waals surface area contributed by atoms with Gasteiger partial charge in [0.05, 0.1) is 5.92 Å². The van der Waals surface area contributed by atoms with Gasteiger partial charge >= 0.3 is 0 Å². The fraction of sp³-hybridized carbons (Fsp3) is 0.545. The predicted octanol–water partition coefficient (Wildman–Crippen LogP) is 1.34. The van der Waals surface area contributed by atoms with Gasteiger partial charge in [-0.2, -0.15) is 0 Å². The van der Waals surface area contributed by atoms with E-state index in [0.29, 0.717) is 18.1 Å².